The number of terminal acetylenes is 1. The van der Waals surface area contributed by atoms with E-state index in [1.807, 2.05) is 0 Å². The van der Waals surface area contributed by atoms with Crippen LogP contribution in [0.5, 0.6) is 0 Å². The third-order valence-corrected chi connectivity index (χ3v) is 8.00. The van der Waals surface area contributed by atoms with E-state index in [1.165, 1.54) is 6.92 Å². The lowest BCUT2D eigenvalue weighted by Gasteiger charge is -2.42. The Morgan fingerprint density at radius 3 is 1.95 bits per heavy atom. The third-order valence-electron chi connectivity index (χ3n) is 8.00. The number of ether oxygens (including phenoxy) is 1. The number of hydrogen-bond donors (Lipinski definition) is 2. The summed E-state index contributed by atoms with van der Waals surface area (Å²) in [7, 11) is 0. The lowest BCUT2D eigenvalue weighted by atomic mass is 9.88. The van der Waals surface area contributed by atoms with Crippen LogP contribution in [0.25, 0.3) is 0 Å². The van der Waals surface area contributed by atoms with Crippen LogP contribution < -0.4 is 16.6 Å². The molecule has 55 heavy (non-hydrogen) atoms. The number of amides is 1. The fourth-order valence-electron chi connectivity index (χ4n) is 4.84. The third kappa shape index (κ3) is 7.59. The zero-order valence-corrected chi connectivity index (χ0v) is 26.9. The molecule has 3 rings (SSSR count). The first-order valence-electron chi connectivity index (χ1n) is 14.7. The largest absolute Gasteiger partial charge is 0.460 e. The van der Waals surface area contributed by atoms with E-state index in [9.17, 15) is 94.1 Å². The molecule has 2 aromatic heterocycles. The maximum atomic E-state index is 14.1. The van der Waals surface area contributed by atoms with Crippen LogP contribution in [0.2, 0.25) is 0 Å². The number of aliphatic hydroxyl groups is 1. The zero-order valence-electron chi connectivity index (χ0n) is 26.9. The maximum Gasteiger partial charge on any atom is 0.460 e. The monoisotopic (exact) mass is 834 g/mol. The van der Waals surface area contributed by atoms with Gasteiger partial charge < -0.3 is 15.2 Å². The van der Waals surface area contributed by atoms with Crippen LogP contribution in [-0.2, 0) is 29.2 Å². The van der Waals surface area contributed by atoms with Gasteiger partial charge in [0.2, 0.25) is 5.91 Å². The van der Waals surface area contributed by atoms with Gasteiger partial charge in [0, 0.05) is 31.0 Å². The number of nitrogens with one attached hydrogen (secondary N) is 1. The van der Waals surface area contributed by atoms with Gasteiger partial charge in [0.05, 0.1) is 31.9 Å². The molecule has 1 aliphatic rings. The standard InChI is InChI=1S/C27H23F17N6O5/c1-3-6-49-18(53)12(2)9-50(19(49)54)17-7-14(51)15(55-17)11-48-10-13(46-47-48)8-45-16(52)4-5-20(28,29)21(30,31)22(32,33)23(34,35)24(36,37)25(38,39)26(40,41)27(42,43)44/h1,9-10,14-15,17,51H,4-8,11H2,2H3,(H,45,52)/t14-,15+,17+/m0/s1. The minimum atomic E-state index is -8.75. The quantitative estimate of drug-likeness (QED) is 0.202. The second-order valence-electron chi connectivity index (χ2n) is 11.9. The van der Waals surface area contributed by atoms with Gasteiger partial charge in [0.15, 0.2) is 0 Å². The normalized spacial score (nSPS) is 19.4. The molecule has 0 aliphatic carbocycles. The Morgan fingerprint density at radius 1 is 0.891 bits per heavy atom. The molecule has 3 heterocycles. The molecular weight excluding hydrogens is 811 g/mol. The number of hydrogen-bond acceptors (Lipinski definition) is 7. The summed E-state index contributed by atoms with van der Waals surface area (Å²) in [5, 5.41) is 19.3. The summed E-state index contributed by atoms with van der Waals surface area (Å²) in [6.45, 7) is -0.155. The van der Waals surface area contributed by atoms with Gasteiger partial charge in [-0.25, -0.2) is 14.0 Å². The highest BCUT2D eigenvalue weighted by Crippen LogP contribution is 2.64. The van der Waals surface area contributed by atoms with Crippen molar-refractivity contribution in [2.45, 2.75) is 112 Å². The molecule has 28 heteroatoms. The minimum Gasteiger partial charge on any atom is -0.390 e. The molecule has 1 saturated heterocycles. The fraction of sp³-hybridized carbons (Fsp3) is 0.667. The Kier molecular flexibility index (Phi) is 11.9. The first kappa shape index (κ1) is 45.0. The predicted molar refractivity (Wildman–Crippen MR) is 145 cm³/mol. The minimum absolute atomic E-state index is 0.0984. The van der Waals surface area contributed by atoms with Crippen LogP contribution in [0.4, 0.5) is 74.6 Å². The Labute approximate surface area is 294 Å². The Bertz CT molecular complexity index is 1900. The van der Waals surface area contributed by atoms with Crippen LogP contribution in [0.3, 0.4) is 0 Å². The smallest absolute Gasteiger partial charge is 0.390 e. The van der Waals surface area contributed by atoms with Crippen LogP contribution in [0.1, 0.15) is 36.7 Å². The molecule has 0 saturated carbocycles. The fourth-order valence-corrected chi connectivity index (χ4v) is 4.84. The molecular formula is C27H23F17N6O5. The molecule has 1 aliphatic heterocycles. The van der Waals surface area contributed by atoms with Gasteiger partial charge in [-0.3, -0.25) is 14.2 Å². The summed E-state index contributed by atoms with van der Waals surface area (Å²) in [6, 6.07) is 0. The highest BCUT2D eigenvalue weighted by atomic mass is 19.4. The summed E-state index contributed by atoms with van der Waals surface area (Å²) in [4.78, 5) is 36.9. The molecule has 0 spiro atoms. The first-order chi connectivity index (χ1) is 24.7. The molecule has 0 bridgehead atoms. The van der Waals surface area contributed by atoms with Crippen molar-refractivity contribution >= 4 is 5.91 Å². The van der Waals surface area contributed by atoms with Crippen LogP contribution in [0.15, 0.2) is 22.0 Å². The zero-order chi connectivity index (χ0) is 42.5. The number of alkyl halides is 17. The summed E-state index contributed by atoms with van der Waals surface area (Å²) in [6.07, 6.45) is -9.17. The molecule has 11 nitrogen and oxygen atoms in total. The van der Waals surface area contributed by atoms with E-state index in [4.69, 9.17) is 11.2 Å². The number of carbonyl (C=O) groups is 1. The van der Waals surface area contributed by atoms with Crippen molar-refractivity contribution in [3.8, 4) is 12.3 Å². The molecule has 2 aromatic rings. The second kappa shape index (κ2) is 14.6. The van der Waals surface area contributed by atoms with E-state index in [0.717, 1.165) is 26.2 Å². The van der Waals surface area contributed by atoms with Crippen molar-refractivity contribution < 1.29 is 89.3 Å². The highest BCUT2D eigenvalue weighted by molar-refractivity contribution is 5.75. The van der Waals surface area contributed by atoms with E-state index in [-0.39, 0.29) is 30.8 Å². The Morgan fingerprint density at radius 2 is 1.42 bits per heavy atom. The summed E-state index contributed by atoms with van der Waals surface area (Å²) < 4.78 is 237. The van der Waals surface area contributed by atoms with Gasteiger partial charge in [0.25, 0.3) is 5.56 Å². The van der Waals surface area contributed by atoms with Crippen molar-refractivity contribution in [3.63, 3.8) is 0 Å². The second-order valence-corrected chi connectivity index (χ2v) is 11.9. The molecule has 3 atom stereocenters. The maximum absolute atomic E-state index is 14.1. The Balaban J connectivity index is 1.65. The van der Waals surface area contributed by atoms with Crippen molar-refractivity contribution in [2.75, 3.05) is 0 Å². The molecule has 0 aromatic carbocycles. The van der Waals surface area contributed by atoms with E-state index in [0.29, 0.717) is 0 Å². The number of aryl methyl sites for hydroxylation is 1. The molecule has 0 radical (unpaired) electrons. The van der Waals surface area contributed by atoms with E-state index in [2.05, 4.69) is 16.2 Å². The van der Waals surface area contributed by atoms with Crippen molar-refractivity contribution in [1.29, 1.82) is 0 Å². The number of aliphatic hydroxyl groups excluding tert-OH is 1. The van der Waals surface area contributed by atoms with Crippen LogP contribution in [0, 0.1) is 19.3 Å². The van der Waals surface area contributed by atoms with Crippen molar-refractivity contribution in [3.05, 3.63) is 44.5 Å². The number of halogens is 17. The average Bonchev–Trinajstić information content (AvgIpc) is 3.67. The average molecular weight is 834 g/mol. The van der Waals surface area contributed by atoms with Gasteiger partial charge in [-0.15, -0.1) is 11.5 Å². The Hall–Kier alpha value is -4.42. The lowest BCUT2D eigenvalue weighted by Crippen LogP contribution is -2.74. The number of carbonyl (C=O) groups excluding carboxylic acids is 1. The van der Waals surface area contributed by atoms with Gasteiger partial charge in [0.1, 0.15) is 18.0 Å². The molecule has 1 fully saturated rings. The topological polar surface area (TPSA) is 133 Å². The molecule has 2 N–H and O–H groups in total. The molecule has 1 amide bonds. The lowest BCUT2D eigenvalue weighted by molar-refractivity contribution is -0.461. The number of nitrogens with zero attached hydrogens (tertiary/aromatic N) is 5. The predicted octanol–water partition coefficient (Wildman–Crippen LogP) is 4.30. The summed E-state index contributed by atoms with van der Waals surface area (Å²) in [5.41, 5.74) is -1.71. The first-order valence-corrected chi connectivity index (χ1v) is 14.7. The van der Waals surface area contributed by atoms with Crippen LogP contribution in [-0.4, -0.2) is 95.0 Å². The van der Waals surface area contributed by atoms with Gasteiger partial charge in [-0.2, -0.15) is 74.6 Å². The van der Waals surface area contributed by atoms with Gasteiger partial charge in [-0.1, -0.05) is 11.1 Å². The molecule has 310 valence electrons. The van der Waals surface area contributed by atoms with Crippen LogP contribution >= 0.6 is 0 Å². The SMILES string of the molecule is C#CCn1c(=O)c(C)cn([C@H]2C[C@H](O)[C@@H](Cn3cc(CNC(=O)CCC(F)(F)C(F)(F)C(F)(F)C(F)(F)C(F)(F)C(F)(F)C(F)(F)C(F)(F)F)nn3)O2)c1=O. The summed E-state index contributed by atoms with van der Waals surface area (Å²) in [5.74, 6) is -57.1. The van der Waals surface area contributed by atoms with Crippen molar-refractivity contribution in [2.24, 2.45) is 0 Å². The van der Waals surface area contributed by atoms with Gasteiger partial charge in [-0.05, 0) is 6.92 Å². The van der Waals surface area contributed by atoms with E-state index >= 15 is 0 Å². The van der Waals surface area contributed by atoms with E-state index < -0.39 is 103 Å². The highest BCUT2D eigenvalue weighted by Gasteiger charge is 2.95. The van der Waals surface area contributed by atoms with E-state index in [1.54, 1.807) is 5.32 Å². The molecule has 0 unspecified atom stereocenters. The summed E-state index contributed by atoms with van der Waals surface area (Å²) >= 11 is 0. The van der Waals surface area contributed by atoms with Gasteiger partial charge >= 0.3 is 53.3 Å². The number of aromatic nitrogens is 5. The van der Waals surface area contributed by atoms with Crippen molar-refractivity contribution in [1.82, 2.24) is 29.4 Å². The number of rotatable bonds is 15.